The molecule has 1 unspecified atom stereocenters. The van der Waals surface area contributed by atoms with Gasteiger partial charge in [0.25, 0.3) is 20.0 Å². The van der Waals surface area contributed by atoms with Crippen molar-refractivity contribution in [1.29, 1.82) is 0 Å². The van der Waals surface area contributed by atoms with Crippen LogP contribution in [0.3, 0.4) is 0 Å². The number of aromatic nitrogens is 4. The van der Waals surface area contributed by atoms with E-state index < -0.39 is 138 Å². The van der Waals surface area contributed by atoms with Crippen LogP contribution in [-0.4, -0.2) is 98.7 Å². The molecule has 35 heteroatoms. The Balaban J connectivity index is 0.000000348. The predicted octanol–water partition coefficient (Wildman–Crippen LogP) is 12.0. The zero-order chi connectivity index (χ0) is 64.2. The Labute approximate surface area is 507 Å². The number of hydrogen-bond acceptors (Lipinski definition) is 18. The van der Waals surface area contributed by atoms with E-state index in [0.29, 0.717) is 20.7 Å². The maximum absolute atomic E-state index is 13.7. The van der Waals surface area contributed by atoms with Gasteiger partial charge in [-0.05, 0) is 108 Å². The quantitative estimate of drug-likeness (QED) is 0.0351. The van der Waals surface area contributed by atoms with Crippen molar-refractivity contribution in [3.05, 3.63) is 151 Å². The summed E-state index contributed by atoms with van der Waals surface area (Å²) in [5.41, 5.74) is -6.17. The summed E-state index contributed by atoms with van der Waals surface area (Å²) in [6.45, 7) is 8.38. The van der Waals surface area contributed by atoms with E-state index in [-0.39, 0.29) is 44.2 Å². The molecule has 0 aliphatic carbocycles. The Morgan fingerprint density at radius 1 is 0.624 bits per heavy atom. The first kappa shape index (κ1) is 71.0. The van der Waals surface area contributed by atoms with Gasteiger partial charge in [-0.25, -0.2) is 50.0 Å². The molecule has 0 radical (unpaired) electrons. The third kappa shape index (κ3) is 19.2. The molecule has 1 atom stereocenters. The van der Waals surface area contributed by atoms with Crippen LogP contribution in [0.2, 0.25) is 20.1 Å². The summed E-state index contributed by atoms with van der Waals surface area (Å²) >= 11 is 22.1. The number of nitrogens with zero attached hydrogens (tertiary/aromatic N) is 6. The van der Waals surface area contributed by atoms with Crippen LogP contribution in [0.1, 0.15) is 86.1 Å². The predicted molar refractivity (Wildman–Crippen MR) is 292 cm³/mol. The number of halogens is 10. The number of amides is 2. The number of rotatable bonds is 16. The van der Waals surface area contributed by atoms with Crippen LogP contribution in [0, 0.1) is 0 Å². The van der Waals surface area contributed by atoms with Gasteiger partial charge in [-0.3, -0.25) is 20.4 Å². The van der Waals surface area contributed by atoms with Gasteiger partial charge in [0.05, 0.1) is 63.6 Å². The van der Waals surface area contributed by atoms with Crippen LogP contribution >= 0.6 is 46.4 Å². The number of nitrogens with one attached hydrogen (secondary N) is 2. The zero-order valence-electron chi connectivity index (χ0n) is 45.1. The number of alkyl halides is 6. The van der Waals surface area contributed by atoms with Gasteiger partial charge in [0.2, 0.25) is 5.78 Å². The summed E-state index contributed by atoms with van der Waals surface area (Å²) in [5.74, 6) is -1.24. The second-order valence-corrected chi connectivity index (χ2v) is 24.4. The molecule has 85 heavy (non-hydrogen) atoms. The Bertz CT molecular complexity index is 3690. The molecule has 6 rings (SSSR count). The molecule has 6 aromatic rings. The summed E-state index contributed by atoms with van der Waals surface area (Å²) < 4.78 is 174. The third-order valence-corrected chi connectivity index (χ3v) is 14.8. The number of aliphatic hydroxyl groups excluding tert-OH is 1. The maximum atomic E-state index is 13.7. The standard InChI is InChI=1S/C25H25Cl2F3N4O6S.C25H23Cl2F3N4O6S.Mn.2O/c2*1-24(2,3)40-23(36)33-22-16(6-5-9-31-22)21(35)20-19(10-14(26)12-32-20)34(13-39-4)41(37,38)15-7-8-18(27)17(11-15)25(28,29)30;;;/h5-12,21,35H,13H2,1-4H3,(H,31,33,36);5-12H,13H2,1-4H3,(H,31,33,36);;;. The first-order chi connectivity index (χ1) is 39.3. The minimum atomic E-state index is -4.95. The number of carbonyl (C=O) groups excluding carboxylic acids is 3. The molecule has 0 aliphatic heterocycles. The molecule has 3 N–H and O–H groups in total. The van der Waals surface area contributed by atoms with Gasteiger partial charge in [-0.1, -0.05) is 52.5 Å². The van der Waals surface area contributed by atoms with Gasteiger partial charge in [0.1, 0.15) is 48.1 Å². The van der Waals surface area contributed by atoms with Crippen molar-refractivity contribution in [2.75, 3.05) is 46.9 Å². The Kier molecular flexibility index (Phi) is 24.4. The van der Waals surface area contributed by atoms with Crippen LogP contribution in [0.4, 0.5) is 58.9 Å². The minimum absolute atomic E-state index is 0.00459. The fraction of sp³-hybridized carbons (Fsp3) is 0.300. The Morgan fingerprint density at radius 2 is 1.04 bits per heavy atom. The molecule has 0 aliphatic rings. The number of sulfonamides is 2. The first-order valence-electron chi connectivity index (χ1n) is 23.4. The molecular weight excluding hydrogens is 1310 g/mol. The average molecular weight is 1360 g/mol. The number of ketones is 1. The third-order valence-electron chi connectivity index (χ3n) is 10.3. The van der Waals surface area contributed by atoms with Gasteiger partial charge < -0.3 is 24.1 Å². The number of aliphatic hydroxyl groups is 1. The summed E-state index contributed by atoms with van der Waals surface area (Å²) in [5, 5.41) is 14.6. The van der Waals surface area contributed by atoms with Crippen molar-refractivity contribution in [1.82, 2.24) is 19.9 Å². The van der Waals surface area contributed by atoms with E-state index in [1.165, 1.54) is 36.7 Å². The summed E-state index contributed by atoms with van der Waals surface area (Å²) in [6, 6.07) is 11.9. The number of carbonyl (C=O) groups is 3. The van der Waals surface area contributed by atoms with E-state index in [1.807, 2.05) is 0 Å². The van der Waals surface area contributed by atoms with Crippen molar-refractivity contribution in [2.24, 2.45) is 0 Å². The van der Waals surface area contributed by atoms with Gasteiger partial charge >= 0.3 is 47.0 Å². The molecule has 22 nitrogen and oxygen atoms in total. The second-order valence-electron chi connectivity index (χ2n) is 18.8. The molecule has 4 heterocycles. The van der Waals surface area contributed by atoms with Crippen LogP contribution in [0.25, 0.3) is 0 Å². The molecule has 0 saturated heterocycles. The number of benzene rings is 2. The number of methoxy groups -OCH3 is 2. The van der Waals surface area contributed by atoms with Crippen LogP contribution in [0.5, 0.6) is 0 Å². The van der Waals surface area contributed by atoms with Gasteiger partial charge in [0, 0.05) is 44.6 Å². The fourth-order valence-electron chi connectivity index (χ4n) is 6.94. The molecular formula is C50H48Cl4F6MnN8O14S2. The van der Waals surface area contributed by atoms with E-state index >= 15 is 0 Å². The van der Waals surface area contributed by atoms with Crippen molar-refractivity contribution in [2.45, 2.75) is 81.0 Å². The summed E-state index contributed by atoms with van der Waals surface area (Å²) in [7, 11) is -7.32. The second kappa shape index (κ2) is 29.3. The van der Waals surface area contributed by atoms with E-state index in [2.05, 4.69) is 30.6 Å². The van der Waals surface area contributed by atoms with Crippen LogP contribution in [0.15, 0.2) is 107 Å². The zero-order valence-corrected chi connectivity index (χ0v) is 51.0. The van der Waals surface area contributed by atoms with E-state index in [4.69, 9.17) is 73.0 Å². The number of hydrogen-bond donors (Lipinski definition) is 3. The van der Waals surface area contributed by atoms with Crippen LogP contribution in [-0.2, 0) is 73.8 Å². The summed E-state index contributed by atoms with van der Waals surface area (Å²) in [6.07, 6.45) is -8.58. The van der Waals surface area contributed by atoms with Crippen molar-refractivity contribution in [3.63, 3.8) is 0 Å². The number of anilines is 4. The van der Waals surface area contributed by atoms with Gasteiger partial charge in [-0.15, -0.1) is 0 Å². The molecule has 461 valence electrons. The van der Waals surface area contributed by atoms with E-state index in [9.17, 15) is 62.7 Å². The molecule has 0 fully saturated rings. The molecule has 2 amide bonds. The normalized spacial score (nSPS) is 12.3. The average Bonchev–Trinajstić information content (AvgIpc) is 1.44. The molecule has 0 bridgehead atoms. The van der Waals surface area contributed by atoms with E-state index in [0.717, 1.165) is 63.0 Å². The van der Waals surface area contributed by atoms with Crippen molar-refractivity contribution in [3.8, 4) is 0 Å². The molecule has 4 aromatic heterocycles. The topological polar surface area (TPSA) is 293 Å². The monoisotopic (exact) mass is 1360 g/mol. The Hall–Kier alpha value is -6.51. The SMILES string of the molecule is COCN(c1cc(Cl)cnc1C(=O)c1cccnc1NC(=O)OC(C)(C)C)S(=O)(=O)c1ccc(Cl)c(C(F)(F)F)c1.COCN(c1cc(Cl)cnc1C(O)c1cccnc1NC(=O)OC(C)(C)C)S(=O)(=O)c1ccc(Cl)c(C(F)(F)F)c1.[O]=[Mn]=[O]. The van der Waals surface area contributed by atoms with Crippen molar-refractivity contribution >= 4 is 107 Å². The summed E-state index contributed by atoms with van der Waals surface area (Å²) in [4.78, 5) is 53.0. The first-order valence-corrected chi connectivity index (χ1v) is 28.8. The van der Waals surface area contributed by atoms with Gasteiger partial charge in [-0.2, -0.15) is 26.3 Å². The molecule has 0 spiro atoms. The van der Waals surface area contributed by atoms with Crippen LogP contribution < -0.4 is 19.2 Å². The fourth-order valence-corrected chi connectivity index (χ4v) is 10.5. The Morgan fingerprint density at radius 3 is 1.48 bits per heavy atom. The van der Waals surface area contributed by atoms with Crippen molar-refractivity contribution < 1.29 is 104 Å². The molecule has 2 aromatic carbocycles. The molecule has 0 saturated carbocycles. The number of ether oxygens (including phenoxy) is 4. The van der Waals surface area contributed by atoms with Gasteiger partial charge in [0.15, 0.2) is 0 Å². The number of pyridine rings is 4. The van der Waals surface area contributed by atoms with E-state index in [1.54, 1.807) is 41.5 Å².